The molecule has 148 valence electrons. The Balaban J connectivity index is 0.00000243. The van der Waals surface area contributed by atoms with Crippen LogP contribution in [0, 0.1) is 0 Å². The van der Waals surface area contributed by atoms with E-state index in [9.17, 15) is 5.11 Å². The van der Waals surface area contributed by atoms with E-state index in [0.717, 1.165) is 44.7 Å². The van der Waals surface area contributed by atoms with Crippen molar-refractivity contribution in [2.75, 3.05) is 26.2 Å². The third kappa shape index (κ3) is 6.35. The predicted molar refractivity (Wildman–Crippen MR) is 121 cm³/mol. The van der Waals surface area contributed by atoms with E-state index in [1.54, 1.807) is 0 Å². The van der Waals surface area contributed by atoms with Crippen LogP contribution in [0.1, 0.15) is 56.4 Å². The summed E-state index contributed by atoms with van der Waals surface area (Å²) in [6.07, 6.45) is 6.31. The summed E-state index contributed by atoms with van der Waals surface area (Å²) >= 11 is 1.84. The molecule has 3 N–H and O–H groups in total. The van der Waals surface area contributed by atoms with E-state index in [1.165, 1.54) is 30.8 Å². The zero-order chi connectivity index (χ0) is 17.5. The van der Waals surface area contributed by atoms with Crippen molar-refractivity contribution in [1.29, 1.82) is 0 Å². The first-order valence-electron chi connectivity index (χ1n) is 9.76. The van der Waals surface area contributed by atoms with Gasteiger partial charge in [0.15, 0.2) is 5.96 Å². The van der Waals surface area contributed by atoms with Crippen molar-refractivity contribution in [2.45, 2.75) is 63.6 Å². The zero-order valence-electron chi connectivity index (χ0n) is 15.7. The highest BCUT2D eigenvalue weighted by atomic mass is 127. The van der Waals surface area contributed by atoms with Gasteiger partial charge in [0.2, 0.25) is 0 Å². The van der Waals surface area contributed by atoms with Gasteiger partial charge >= 0.3 is 0 Å². The fraction of sp³-hybridized carbons (Fsp3) is 0.737. The smallest absolute Gasteiger partial charge is 0.191 e. The molecule has 1 aromatic rings. The van der Waals surface area contributed by atoms with E-state index in [-0.39, 0.29) is 30.1 Å². The number of rotatable bonds is 6. The number of halogens is 1. The number of aliphatic hydroxyl groups excluding tert-OH is 1. The molecule has 1 atom stereocenters. The summed E-state index contributed by atoms with van der Waals surface area (Å²) in [4.78, 5) is 8.92. The van der Waals surface area contributed by atoms with E-state index in [1.807, 2.05) is 11.3 Å². The Bertz CT molecular complexity index is 526. The number of thiophene rings is 1. The number of guanidine groups is 1. The molecule has 1 unspecified atom stereocenters. The minimum absolute atomic E-state index is 0. The molecule has 1 aromatic heterocycles. The Labute approximate surface area is 178 Å². The molecule has 1 saturated heterocycles. The molecule has 2 heterocycles. The van der Waals surface area contributed by atoms with Crippen molar-refractivity contribution in [1.82, 2.24) is 15.5 Å². The molecule has 0 amide bonds. The first-order chi connectivity index (χ1) is 12.3. The number of likely N-dealkylation sites (tertiary alicyclic amines) is 1. The van der Waals surface area contributed by atoms with E-state index in [4.69, 9.17) is 4.99 Å². The van der Waals surface area contributed by atoms with Gasteiger partial charge in [-0.2, -0.15) is 0 Å². The second-order valence-corrected chi connectivity index (χ2v) is 8.12. The summed E-state index contributed by atoms with van der Waals surface area (Å²) in [5, 5.41) is 18.8. The maximum Gasteiger partial charge on any atom is 0.191 e. The summed E-state index contributed by atoms with van der Waals surface area (Å²) < 4.78 is 0. The Morgan fingerprint density at radius 2 is 2.04 bits per heavy atom. The molecular weight excluding hydrogens is 459 g/mol. The van der Waals surface area contributed by atoms with Gasteiger partial charge in [0.1, 0.15) is 0 Å². The SMILES string of the molecule is CCNC(=NCC(c1cccs1)N1CCCC1)NC1CCC(O)CC1.I. The lowest BCUT2D eigenvalue weighted by Gasteiger charge is -2.29. The molecule has 2 fully saturated rings. The van der Waals surface area contributed by atoms with Crippen molar-refractivity contribution in [3.63, 3.8) is 0 Å². The highest BCUT2D eigenvalue weighted by molar-refractivity contribution is 14.0. The fourth-order valence-corrected chi connectivity index (χ4v) is 4.68. The monoisotopic (exact) mass is 492 g/mol. The number of nitrogens with one attached hydrogen (secondary N) is 2. The van der Waals surface area contributed by atoms with E-state index >= 15 is 0 Å². The van der Waals surface area contributed by atoms with Crippen LogP contribution in [0.2, 0.25) is 0 Å². The molecule has 0 aromatic carbocycles. The lowest BCUT2D eigenvalue weighted by atomic mass is 9.93. The zero-order valence-corrected chi connectivity index (χ0v) is 18.8. The van der Waals surface area contributed by atoms with Crippen molar-refractivity contribution in [2.24, 2.45) is 4.99 Å². The van der Waals surface area contributed by atoms with Crippen LogP contribution < -0.4 is 10.6 Å². The predicted octanol–water partition coefficient (Wildman–Crippen LogP) is 3.36. The van der Waals surface area contributed by atoms with Crippen LogP contribution in [0.25, 0.3) is 0 Å². The molecule has 26 heavy (non-hydrogen) atoms. The molecule has 0 bridgehead atoms. The van der Waals surface area contributed by atoms with Crippen LogP contribution in [-0.4, -0.2) is 54.3 Å². The van der Waals surface area contributed by atoms with Gasteiger partial charge < -0.3 is 15.7 Å². The van der Waals surface area contributed by atoms with Crippen LogP contribution in [0.15, 0.2) is 22.5 Å². The third-order valence-electron chi connectivity index (χ3n) is 5.26. The molecule has 0 radical (unpaired) electrons. The maximum absolute atomic E-state index is 9.69. The number of hydrogen-bond acceptors (Lipinski definition) is 4. The van der Waals surface area contributed by atoms with Crippen LogP contribution in [0.3, 0.4) is 0 Å². The van der Waals surface area contributed by atoms with Crippen molar-refractivity contribution < 1.29 is 5.11 Å². The average molecular weight is 492 g/mol. The highest BCUT2D eigenvalue weighted by Gasteiger charge is 2.25. The quantitative estimate of drug-likeness (QED) is 0.324. The fourth-order valence-electron chi connectivity index (χ4n) is 3.83. The standard InChI is InChI=1S/C19H32N4OS.HI/c1-2-20-19(22-15-7-9-16(24)10-8-15)21-14-17(18-6-5-13-25-18)23-11-3-4-12-23;/h5-6,13,15-17,24H,2-4,7-12,14H2,1H3,(H2,20,21,22);1H. The second-order valence-electron chi connectivity index (χ2n) is 7.14. The van der Waals surface area contributed by atoms with Gasteiger partial charge in [-0.05, 0) is 70.0 Å². The van der Waals surface area contributed by atoms with Gasteiger partial charge in [0.25, 0.3) is 0 Å². The molecule has 2 aliphatic rings. The van der Waals surface area contributed by atoms with Crippen molar-refractivity contribution in [3.8, 4) is 0 Å². The molecule has 1 aliphatic heterocycles. The largest absolute Gasteiger partial charge is 0.393 e. The lowest BCUT2D eigenvalue weighted by molar-refractivity contribution is 0.120. The van der Waals surface area contributed by atoms with Gasteiger partial charge in [-0.3, -0.25) is 9.89 Å². The Kier molecular flexibility index (Phi) is 9.66. The summed E-state index contributed by atoms with van der Waals surface area (Å²) in [7, 11) is 0. The average Bonchev–Trinajstić information content (AvgIpc) is 3.31. The molecule has 1 aliphatic carbocycles. The van der Waals surface area contributed by atoms with Gasteiger partial charge in [-0.15, -0.1) is 35.3 Å². The van der Waals surface area contributed by atoms with Gasteiger partial charge in [-0.1, -0.05) is 6.07 Å². The van der Waals surface area contributed by atoms with E-state index in [0.29, 0.717) is 12.1 Å². The normalized spacial score (nSPS) is 25.5. The number of nitrogens with zero attached hydrogens (tertiary/aromatic N) is 2. The van der Waals surface area contributed by atoms with Crippen molar-refractivity contribution >= 4 is 41.3 Å². The van der Waals surface area contributed by atoms with Crippen LogP contribution in [-0.2, 0) is 0 Å². The minimum Gasteiger partial charge on any atom is -0.393 e. The first-order valence-corrected chi connectivity index (χ1v) is 10.6. The summed E-state index contributed by atoms with van der Waals surface area (Å²) in [5.74, 6) is 0.921. The van der Waals surface area contributed by atoms with Gasteiger partial charge in [0, 0.05) is 17.5 Å². The Morgan fingerprint density at radius 3 is 2.65 bits per heavy atom. The summed E-state index contributed by atoms with van der Waals surface area (Å²) in [6, 6.07) is 5.20. The van der Waals surface area contributed by atoms with Crippen LogP contribution in [0.5, 0.6) is 0 Å². The topological polar surface area (TPSA) is 59.9 Å². The van der Waals surface area contributed by atoms with Crippen molar-refractivity contribution in [3.05, 3.63) is 22.4 Å². The van der Waals surface area contributed by atoms with Gasteiger partial charge in [-0.25, -0.2) is 0 Å². The number of hydrogen-bond donors (Lipinski definition) is 3. The maximum atomic E-state index is 9.69. The third-order valence-corrected chi connectivity index (χ3v) is 6.23. The van der Waals surface area contributed by atoms with Crippen LogP contribution >= 0.6 is 35.3 Å². The van der Waals surface area contributed by atoms with Crippen LogP contribution in [0.4, 0.5) is 0 Å². The Morgan fingerprint density at radius 1 is 1.31 bits per heavy atom. The highest BCUT2D eigenvalue weighted by Crippen LogP contribution is 2.28. The molecule has 1 saturated carbocycles. The molecule has 0 spiro atoms. The first kappa shape index (κ1) is 21.9. The second kappa shape index (κ2) is 11.5. The Hall–Kier alpha value is -0.380. The lowest BCUT2D eigenvalue weighted by Crippen LogP contribution is -2.45. The molecule has 7 heteroatoms. The molecule has 5 nitrogen and oxygen atoms in total. The minimum atomic E-state index is -0.115. The number of aliphatic imine (C=N–C) groups is 1. The summed E-state index contributed by atoms with van der Waals surface area (Å²) in [6.45, 7) is 6.14. The summed E-state index contributed by atoms with van der Waals surface area (Å²) in [5.41, 5.74) is 0. The molecule has 3 rings (SSSR count). The van der Waals surface area contributed by atoms with E-state index in [2.05, 4.69) is 40.0 Å². The van der Waals surface area contributed by atoms with Gasteiger partial charge in [0.05, 0.1) is 18.7 Å². The number of aliphatic hydroxyl groups is 1. The molecular formula is C19H33IN4OS. The van der Waals surface area contributed by atoms with E-state index < -0.39 is 0 Å².